The average Bonchev–Trinajstić information content (AvgIpc) is 2.83. The van der Waals surface area contributed by atoms with Gasteiger partial charge < -0.3 is 10.4 Å². The Balaban J connectivity index is 1.81. The fourth-order valence-electron chi connectivity index (χ4n) is 2.33. The van der Waals surface area contributed by atoms with Crippen LogP contribution in [0.1, 0.15) is 24.8 Å². The zero-order valence-electron chi connectivity index (χ0n) is 11.0. The predicted molar refractivity (Wildman–Crippen MR) is 76.8 cm³/mol. The van der Waals surface area contributed by atoms with Gasteiger partial charge in [0, 0.05) is 12.6 Å². The Morgan fingerprint density at radius 2 is 2.30 bits per heavy atom. The number of aliphatic hydroxyl groups is 1. The first-order valence-electron chi connectivity index (χ1n) is 6.63. The van der Waals surface area contributed by atoms with Crippen LogP contribution in [0.3, 0.4) is 0 Å². The average molecular weight is 298 g/mol. The molecule has 2 rings (SSSR count). The second kappa shape index (κ2) is 6.86. The van der Waals surface area contributed by atoms with E-state index in [1.807, 2.05) is 0 Å². The molecule has 1 aromatic rings. The quantitative estimate of drug-likeness (QED) is 0.840. The van der Waals surface area contributed by atoms with E-state index >= 15 is 0 Å². The fraction of sp³-hybridized carbons (Fsp3) is 0.400. The van der Waals surface area contributed by atoms with E-state index in [0.29, 0.717) is 18.0 Å². The third kappa shape index (κ3) is 4.32. The van der Waals surface area contributed by atoms with Gasteiger partial charge in [0.1, 0.15) is 5.82 Å². The van der Waals surface area contributed by atoms with E-state index in [1.165, 1.54) is 18.2 Å². The molecule has 1 aromatic carbocycles. The van der Waals surface area contributed by atoms with E-state index in [9.17, 15) is 14.3 Å². The number of amides is 1. The highest BCUT2D eigenvalue weighted by molar-refractivity contribution is 6.30. The third-order valence-electron chi connectivity index (χ3n) is 3.45. The first-order valence-corrected chi connectivity index (χ1v) is 7.01. The highest BCUT2D eigenvalue weighted by Gasteiger charge is 2.22. The molecular weight excluding hydrogens is 281 g/mol. The summed E-state index contributed by atoms with van der Waals surface area (Å²) in [7, 11) is 0. The molecule has 5 heteroatoms. The van der Waals surface area contributed by atoms with E-state index in [-0.39, 0.29) is 17.0 Å². The highest BCUT2D eigenvalue weighted by Crippen LogP contribution is 2.24. The molecule has 2 unspecified atom stereocenters. The molecule has 0 aromatic heterocycles. The molecule has 1 saturated carbocycles. The van der Waals surface area contributed by atoms with E-state index in [0.717, 1.165) is 19.3 Å². The largest absolute Gasteiger partial charge is 0.393 e. The van der Waals surface area contributed by atoms with Crippen molar-refractivity contribution in [3.8, 4) is 0 Å². The summed E-state index contributed by atoms with van der Waals surface area (Å²) in [6.07, 6.45) is 5.26. The summed E-state index contributed by atoms with van der Waals surface area (Å²) in [5.41, 5.74) is 0.669. The molecule has 20 heavy (non-hydrogen) atoms. The van der Waals surface area contributed by atoms with Crippen LogP contribution in [0.25, 0.3) is 6.08 Å². The van der Waals surface area contributed by atoms with Crippen molar-refractivity contribution in [2.45, 2.75) is 25.4 Å². The lowest BCUT2D eigenvalue weighted by atomic mass is 10.1. The second-order valence-electron chi connectivity index (χ2n) is 5.08. The van der Waals surface area contributed by atoms with Gasteiger partial charge in [-0.25, -0.2) is 4.39 Å². The SMILES string of the molecule is O=C(/C=C/c1ccc(F)c(Cl)c1)NCC1CCC(O)C1. The number of halogens is 2. The van der Waals surface area contributed by atoms with Gasteiger partial charge in [-0.15, -0.1) is 0 Å². The zero-order valence-corrected chi connectivity index (χ0v) is 11.7. The van der Waals surface area contributed by atoms with Gasteiger partial charge in [-0.3, -0.25) is 4.79 Å². The van der Waals surface area contributed by atoms with E-state index < -0.39 is 5.82 Å². The first-order chi connectivity index (χ1) is 9.54. The second-order valence-corrected chi connectivity index (χ2v) is 5.49. The van der Waals surface area contributed by atoms with Gasteiger partial charge in [-0.1, -0.05) is 17.7 Å². The molecule has 0 heterocycles. The summed E-state index contributed by atoms with van der Waals surface area (Å²) in [6, 6.07) is 4.28. The van der Waals surface area contributed by atoms with Crippen molar-refractivity contribution in [2.75, 3.05) is 6.54 Å². The summed E-state index contributed by atoms with van der Waals surface area (Å²) in [5, 5.41) is 12.2. The van der Waals surface area contributed by atoms with Crippen LogP contribution in [0.5, 0.6) is 0 Å². The van der Waals surface area contributed by atoms with Crippen LogP contribution in [0.2, 0.25) is 5.02 Å². The molecule has 2 atom stereocenters. The number of rotatable bonds is 4. The van der Waals surface area contributed by atoms with Crippen LogP contribution in [0.15, 0.2) is 24.3 Å². The molecule has 108 valence electrons. The molecule has 0 aliphatic heterocycles. The van der Waals surface area contributed by atoms with Gasteiger partial charge >= 0.3 is 0 Å². The minimum atomic E-state index is -0.479. The summed E-state index contributed by atoms with van der Waals surface area (Å²) < 4.78 is 13.0. The smallest absolute Gasteiger partial charge is 0.244 e. The zero-order chi connectivity index (χ0) is 14.5. The monoisotopic (exact) mass is 297 g/mol. The molecule has 0 saturated heterocycles. The fourth-order valence-corrected chi connectivity index (χ4v) is 2.51. The van der Waals surface area contributed by atoms with Gasteiger partial charge in [0.25, 0.3) is 0 Å². The first kappa shape index (κ1) is 15.0. The highest BCUT2D eigenvalue weighted by atomic mass is 35.5. The Labute approximate surface area is 122 Å². The molecule has 0 bridgehead atoms. The molecule has 3 nitrogen and oxygen atoms in total. The Hall–Kier alpha value is -1.39. The van der Waals surface area contributed by atoms with Crippen LogP contribution in [-0.2, 0) is 4.79 Å². The molecule has 0 spiro atoms. The van der Waals surface area contributed by atoms with Crippen LogP contribution < -0.4 is 5.32 Å². The number of carbonyl (C=O) groups is 1. The van der Waals surface area contributed by atoms with Crippen LogP contribution >= 0.6 is 11.6 Å². The number of carbonyl (C=O) groups excluding carboxylic acids is 1. The van der Waals surface area contributed by atoms with Gasteiger partial charge in [0.15, 0.2) is 0 Å². The normalized spacial score (nSPS) is 22.4. The van der Waals surface area contributed by atoms with E-state index in [2.05, 4.69) is 5.32 Å². The van der Waals surface area contributed by atoms with Crippen molar-refractivity contribution < 1.29 is 14.3 Å². The van der Waals surface area contributed by atoms with Gasteiger partial charge in [-0.05, 0) is 49.0 Å². The Kier molecular flexibility index (Phi) is 5.15. The number of hydrogen-bond acceptors (Lipinski definition) is 2. The molecule has 0 radical (unpaired) electrons. The van der Waals surface area contributed by atoms with Crippen molar-refractivity contribution >= 4 is 23.6 Å². The topological polar surface area (TPSA) is 49.3 Å². The Morgan fingerprint density at radius 3 is 2.95 bits per heavy atom. The van der Waals surface area contributed by atoms with E-state index in [4.69, 9.17) is 11.6 Å². The maximum atomic E-state index is 13.0. The molecule has 1 aliphatic carbocycles. The number of hydrogen-bond donors (Lipinski definition) is 2. The van der Waals surface area contributed by atoms with Crippen molar-refractivity contribution in [3.63, 3.8) is 0 Å². The lowest BCUT2D eigenvalue weighted by molar-refractivity contribution is -0.116. The van der Waals surface area contributed by atoms with Gasteiger partial charge in [0.05, 0.1) is 11.1 Å². The Bertz CT molecular complexity index is 519. The van der Waals surface area contributed by atoms with Gasteiger partial charge in [0.2, 0.25) is 5.91 Å². The van der Waals surface area contributed by atoms with E-state index in [1.54, 1.807) is 12.1 Å². The molecule has 1 amide bonds. The van der Waals surface area contributed by atoms with Crippen LogP contribution in [0.4, 0.5) is 4.39 Å². The number of aliphatic hydroxyl groups excluding tert-OH is 1. The summed E-state index contributed by atoms with van der Waals surface area (Å²) in [5.74, 6) is -0.331. The van der Waals surface area contributed by atoms with Crippen molar-refractivity contribution in [1.82, 2.24) is 5.32 Å². The van der Waals surface area contributed by atoms with Gasteiger partial charge in [-0.2, -0.15) is 0 Å². The third-order valence-corrected chi connectivity index (χ3v) is 3.74. The summed E-state index contributed by atoms with van der Waals surface area (Å²) >= 11 is 5.66. The summed E-state index contributed by atoms with van der Waals surface area (Å²) in [6.45, 7) is 0.574. The predicted octanol–water partition coefficient (Wildman–Crippen LogP) is 2.77. The lowest BCUT2D eigenvalue weighted by Crippen LogP contribution is -2.26. The number of benzene rings is 1. The number of nitrogens with one attached hydrogen (secondary N) is 1. The van der Waals surface area contributed by atoms with Crippen molar-refractivity contribution in [2.24, 2.45) is 5.92 Å². The minimum absolute atomic E-state index is 0.0347. The lowest BCUT2D eigenvalue weighted by Gasteiger charge is -2.09. The van der Waals surface area contributed by atoms with Crippen molar-refractivity contribution in [3.05, 3.63) is 40.7 Å². The van der Waals surface area contributed by atoms with Crippen LogP contribution in [-0.4, -0.2) is 23.7 Å². The minimum Gasteiger partial charge on any atom is -0.393 e. The Morgan fingerprint density at radius 1 is 1.50 bits per heavy atom. The maximum absolute atomic E-state index is 13.0. The van der Waals surface area contributed by atoms with Crippen LogP contribution in [0, 0.1) is 11.7 Å². The summed E-state index contributed by atoms with van der Waals surface area (Å²) in [4.78, 5) is 11.6. The standard InChI is InChI=1S/C15H17ClFNO2/c16-13-8-10(2-5-14(13)17)3-6-15(20)18-9-11-1-4-12(19)7-11/h2-3,5-6,8,11-12,19H,1,4,7,9H2,(H,18,20)/b6-3+. The van der Waals surface area contributed by atoms with Crippen molar-refractivity contribution in [1.29, 1.82) is 0 Å². The molecule has 1 fully saturated rings. The maximum Gasteiger partial charge on any atom is 0.244 e. The molecule has 2 N–H and O–H groups in total. The molecular formula is C15H17ClFNO2. The molecule has 1 aliphatic rings.